The van der Waals surface area contributed by atoms with Crippen molar-refractivity contribution in [1.82, 2.24) is 0 Å². The molecule has 1 unspecified atom stereocenters. The predicted molar refractivity (Wildman–Crippen MR) is 138 cm³/mol. The van der Waals surface area contributed by atoms with Gasteiger partial charge in [0.15, 0.2) is 0 Å². The first-order valence-corrected chi connectivity index (χ1v) is 13.9. The topological polar surface area (TPSA) is 110 Å². The first kappa shape index (κ1) is 30.1. The summed E-state index contributed by atoms with van der Waals surface area (Å²) >= 11 is 1.42. The molecule has 0 aliphatic heterocycles. The summed E-state index contributed by atoms with van der Waals surface area (Å²) in [5.41, 5.74) is 3.09. The van der Waals surface area contributed by atoms with Gasteiger partial charge in [-0.05, 0) is 71.7 Å². The number of aromatic hydroxyl groups is 1. The van der Waals surface area contributed by atoms with E-state index in [1.54, 1.807) is 24.3 Å². The Kier molecular flexibility index (Phi) is 12.1. The fraction of sp³-hybridized carbons (Fsp3) is 0.269. The Morgan fingerprint density at radius 3 is 2.00 bits per heavy atom. The predicted octanol–water partition coefficient (Wildman–Crippen LogP) is 1.44. The van der Waals surface area contributed by atoms with Gasteiger partial charge in [-0.25, -0.2) is 0 Å². The molecule has 7 nitrogen and oxygen atoms in total. The maximum Gasteiger partial charge on any atom is 1.00 e. The van der Waals surface area contributed by atoms with Crippen molar-refractivity contribution in [1.29, 1.82) is 0 Å². The molecule has 0 aromatic heterocycles. The van der Waals surface area contributed by atoms with Crippen LogP contribution in [0.3, 0.4) is 0 Å². The monoisotopic (exact) mass is 540 g/mol. The minimum Gasteiger partial charge on any atom is -1.00 e. The zero-order valence-electron chi connectivity index (χ0n) is 21.3. The fourth-order valence-electron chi connectivity index (χ4n) is 3.31. The van der Waals surface area contributed by atoms with Gasteiger partial charge in [0, 0.05) is 6.42 Å². The average molecular weight is 541 g/mol. The van der Waals surface area contributed by atoms with Crippen LogP contribution in [-0.4, -0.2) is 48.5 Å². The first-order chi connectivity index (χ1) is 16.7. The summed E-state index contributed by atoms with van der Waals surface area (Å²) in [6.45, 7) is 0.441. The summed E-state index contributed by atoms with van der Waals surface area (Å²) < 4.78 is 32.8. The molecule has 0 fully saturated rings. The summed E-state index contributed by atoms with van der Waals surface area (Å²) in [5, 5.41) is 18.4. The van der Waals surface area contributed by atoms with Crippen molar-refractivity contribution in [3.05, 3.63) is 89.5 Å². The number of carboxylic acids is 1. The normalized spacial score (nSPS) is 11.8. The zero-order valence-corrected chi connectivity index (χ0v) is 23.9. The van der Waals surface area contributed by atoms with Gasteiger partial charge in [0.25, 0.3) is 0 Å². The smallest absolute Gasteiger partial charge is 1.00 e. The molecule has 188 valence electrons. The van der Waals surface area contributed by atoms with Crippen LogP contribution < -0.4 is 38.5 Å². The van der Waals surface area contributed by atoms with Gasteiger partial charge < -0.3 is 20.6 Å². The number of ether oxygens (including phenoxy) is 1. The molecular weight excluding hydrogens is 511 g/mol. The van der Waals surface area contributed by atoms with Crippen molar-refractivity contribution < 1.29 is 63.3 Å². The molecule has 10 heteroatoms. The van der Waals surface area contributed by atoms with Gasteiger partial charge in [-0.2, -0.15) is 8.42 Å². The molecule has 0 saturated carbocycles. The van der Waals surface area contributed by atoms with E-state index in [1.165, 1.54) is 23.9 Å². The molecule has 0 bridgehead atoms. The quantitative estimate of drug-likeness (QED) is 0.248. The van der Waals surface area contributed by atoms with Crippen LogP contribution >= 0.6 is 11.8 Å². The standard InChI is InChI=1S/C26H28O7S2.Na.H/c1-35(30,31)33-24-12-10-23(11-13-24)32-16-14-19-2-4-21(5-3-19)18-25(26(28)29)34-17-15-20-6-8-22(27)9-7-20;;/h2-13,25,27H,14-18H2,1H3,(H,28,29);;/q;+1;-1. The summed E-state index contributed by atoms with van der Waals surface area (Å²) in [7, 11) is -3.56. The van der Waals surface area contributed by atoms with E-state index < -0.39 is 21.3 Å². The summed E-state index contributed by atoms with van der Waals surface area (Å²) in [4.78, 5) is 11.7. The molecule has 0 spiro atoms. The zero-order chi connectivity index (χ0) is 25.3. The minimum absolute atomic E-state index is 0. The van der Waals surface area contributed by atoms with E-state index in [0.717, 1.165) is 29.4 Å². The Labute approximate surface area is 239 Å². The molecule has 36 heavy (non-hydrogen) atoms. The van der Waals surface area contributed by atoms with Crippen molar-refractivity contribution in [2.75, 3.05) is 18.6 Å². The number of benzene rings is 3. The van der Waals surface area contributed by atoms with Crippen LogP contribution in [-0.2, 0) is 34.2 Å². The minimum atomic E-state index is -3.56. The molecular formula is C26H29NaO7S2. The van der Waals surface area contributed by atoms with E-state index in [0.29, 0.717) is 31.0 Å². The van der Waals surface area contributed by atoms with E-state index in [2.05, 4.69) is 0 Å². The van der Waals surface area contributed by atoms with Gasteiger partial charge in [-0.15, -0.1) is 11.8 Å². The van der Waals surface area contributed by atoms with E-state index in [-0.39, 0.29) is 42.5 Å². The number of hydrogen-bond acceptors (Lipinski definition) is 7. The largest absolute Gasteiger partial charge is 1.00 e. The van der Waals surface area contributed by atoms with Crippen LogP contribution in [0.4, 0.5) is 0 Å². The Morgan fingerprint density at radius 2 is 1.42 bits per heavy atom. The third-order valence-corrected chi connectivity index (χ3v) is 6.80. The van der Waals surface area contributed by atoms with Crippen LogP contribution in [0.1, 0.15) is 18.1 Å². The molecule has 0 radical (unpaired) electrons. The Bertz CT molecular complexity index is 1200. The second-order valence-electron chi connectivity index (χ2n) is 7.99. The SMILES string of the molecule is CS(=O)(=O)Oc1ccc(OCCc2ccc(CC(SCCc3ccc(O)cc3)C(=O)O)cc2)cc1.[H-].[Na+]. The number of phenolic OH excluding ortho intramolecular Hbond substituents is 1. The summed E-state index contributed by atoms with van der Waals surface area (Å²) in [6, 6.07) is 21.2. The number of carboxylic acid groups (broad SMARTS) is 1. The van der Waals surface area contributed by atoms with Crippen molar-refractivity contribution in [2.45, 2.75) is 24.5 Å². The maximum absolute atomic E-state index is 11.7. The van der Waals surface area contributed by atoms with Crippen molar-refractivity contribution in [3.8, 4) is 17.2 Å². The first-order valence-electron chi connectivity index (χ1n) is 11.0. The third kappa shape index (κ3) is 10.8. The van der Waals surface area contributed by atoms with Gasteiger partial charge in [0.1, 0.15) is 22.5 Å². The third-order valence-electron chi connectivity index (χ3n) is 5.10. The number of rotatable bonds is 13. The number of thioether (sulfide) groups is 1. The molecule has 0 aliphatic carbocycles. The summed E-state index contributed by atoms with van der Waals surface area (Å²) in [6.07, 6.45) is 2.84. The molecule has 0 aliphatic rings. The van der Waals surface area contributed by atoms with Crippen molar-refractivity contribution >= 4 is 27.8 Å². The van der Waals surface area contributed by atoms with Gasteiger partial charge >= 0.3 is 45.6 Å². The molecule has 2 N–H and O–H groups in total. The van der Waals surface area contributed by atoms with E-state index in [4.69, 9.17) is 8.92 Å². The Balaban J connectivity index is 0.00000342. The van der Waals surface area contributed by atoms with Gasteiger partial charge in [0.2, 0.25) is 0 Å². The molecule has 3 aromatic carbocycles. The van der Waals surface area contributed by atoms with Gasteiger partial charge in [-0.1, -0.05) is 36.4 Å². The van der Waals surface area contributed by atoms with Crippen LogP contribution in [0.15, 0.2) is 72.8 Å². The van der Waals surface area contributed by atoms with Crippen LogP contribution in [0.2, 0.25) is 0 Å². The van der Waals surface area contributed by atoms with E-state index >= 15 is 0 Å². The second kappa shape index (κ2) is 14.5. The molecule has 1 atom stereocenters. The molecule has 0 amide bonds. The van der Waals surface area contributed by atoms with Crippen LogP contribution in [0.25, 0.3) is 0 Å². The molecule has 0 saturated heterocycles. The van der Waals surface area contributed by atoms with E-state index in [1.807, 2.05) is 36.4 Å². The Morgan fingerprint density at radius 1 is 0.889 bits per heavy atom. The molecule has 3 rings (SSSR count). The number of carbonyl (C=O) groups is 1. The fourth-order valence-corrected chi connectivity index (χ4v) is 4.86. The van der Waals surface area contributed by atoms with E-state index in [9.17, 15) is 23.4 Å². The summed E-state index contributed by atoms with van der Waals surface area (Å²) in [5.74, 6) is 0.907. The molecule has 3 aromatic rings. The van der Waals surface area contributed by atoms with Crippen LogP contribution in [0.5, 0.6) is 17.2 Å². The van der Waals surface area contributed by atoms with Gasteiger partial charge in [-0.3, -0.25) is 4.79 Å². The number of phenols is 1. The Hall–Kier alpha value is -2.17. The van der Waals surface area contributed by atoms with Gasteiger partial charge in [0.05, 0.1) is 12.9 Å². The van der Waals surface area contributed by atoms with Crippen molar-refractivity contribution in [2.24, 2.45) is 0 Å². The average Bonchev–Trinajstić information content (AvgIpc) is 2.81. The van der Waals surface area contributed by atoms with Crippen LogP contribution in [0, 0.1) is 0 Å². The second-order valence-corrected chi connectivity index (χ2v) is 10.9. The number of hydrogen-bond donors (Lipinski definition) is 2. The maximum atomic E-state index is 11.7. The number of aliphatic carboxylic acids is 1. The molecule has 0 heterocycles. The van der Waals surface area contributed by atoms with Crippen molar-refractivity contribution in [3.63, 3.8) is 0 Å². The number of aryl methyl sites for hydroxylation is 1.